The van der Waals surface area contributed by atoms with Gasteiger partial charge < -0.3 is 15.4 Å². The summed E-state index contributed by atoms with van der Waals surface area (Å²) in [6.07, 6.45) is 0.784. The van der Waals surface area contributed by atoms with Crippen LogP contribution in [-0.4, -0.2) is 44.1 Å². The lowest BCUT2D eigenvalue weighted by atomic mass is 10.1. The molecule has 1 aliphatic rings. The molecule has 0 atom stereocenters. The standard InChI is InChI=1S/C16H20ClN3O3/c1-4-10-5-6-11(7-13(10)17)20(16(18)22)14-9-23-15(21)12(14)8-19(2)3/h5-7H,4,8-9H2,1-3H3,(H2,18,22). The van der Waals surface area contributed by atoms with Gasteiger partial charge in [0.15, 0.2) is 0 Å². The number of nitrogens with two attached hydrogens (primary N) is 1. The average molecular weight is 338 g/mol. The Kier molecular flexibility index (Phi) is 5.28. The largest absolute Gasteiger partial charge is 0.456 e. The minimum Gasteiger partial charge on any atom is -0.456 e. The Hall–Kier alpha value is -2.05. The number of ether oxygens (including phenoxy) is 1. The van der Waals surface area contributed by atoms with Gasteiger partial charge in [-0.3, -0.25) is 4.90 Å². The van der Waals surface area contributed by atoms with E-state index in [0.717, 1.165) is 12.0 Å². The van der Waals surface area contributed by atoms with E-state index < -0.39 is 12.0 Å². The summed E-state index contributed by atoms with van der Waals surface area (Å²) < 4.78 is 5.08. The minimum absolute atomic E-state index is 0.0120. The van der Waals surface area contributed by atoms with E-state index >= 15 is 0 Å². The average Bonchev–Trinajstić information content (AvgIpc) is 2.80. The molecule has 0 aliphatic carbocycles. The first-order valence-electron chi connectivity index (χ1n) is 7.27. The maximum absolute atomic E-state index is 12.0. The van der Waals surface area contributed by atoms with Gasteiger partial charge in [-0.25, -0.2) is 9.59 Å². The quantitative estimate of drug-likeness (QED) is 0.835. The molecule has 23 heavy (non-hydrogen) atoms. The molecule has 0 radical (unpaired) electrons. The number of primary amides is 1. The fourth-order valence-corrected chi connectivity index (χ4v) is 2.78. The SMILES string of the molecule is CCc1ccc(N(C(N)=O)C2=C(CN(C)C)C(=O)OC2)cc1Cl. The molecule has 1 aliphatic heterocycles. The topological polar surface area (TPSA) is 75.9 Å². The summed E-state index contributed by atoms with van der Waals surface area (Å²) in [4.78, 5) is 27.0. The van der Waals surface area contributed by atoms with E-state index in [1.165, 1.54) is 4.90 Å². The van der Waals surface area contributed by atoms with Crippen molar-refractivity contribution in [1.29, 1.82) is 0 Å². The van der Waals surface area contributed by atoms with E-state index in [2.05, 4.69) is 0 Å². The number of aryl methyl sites for hydroxylation is 1. The highest BCUT2D eigenvalue weighted by molar-refractivity contribution is 6.31. The van der Waals surface area contributed by atoms with Crippen LogP contribution in [0.25, 0.3) is 0 Å². The van der Waals surface area contributed by atoms with Gasteiger partial charge >= 0.3 is 12.0 Å². The molecule has 0 aromatic heterocycles. The van der Waals surface area contributed by atoms with Crippen LogP contribution in [0, 0.1) is 0 Å². The molecule has 0 unspecified atom stereocenters. The van der Waals surface area contributed by atoms with Gasteiger partial charge in [0.2, 0.25) is 0 Å². The first kappa shape index (κ1) is 17.3. The zero-order valence-electron chi connectivity index (χ0n) is 13.4. The smallest absolute Gasteiger partial charge is 0.337 e. The normalized spacial score (nSPS) is 14.4. The lowest BCUT2D eigenvalue weighted by Crippen LogP contribution is -2.37. The molecule has 124 valence electrons. The minimum atomic E-state index is -0.685. The number of urea groups is 1. The van der Waals surface area contributed by atoms with E-state index in [1.807, 2.05) is 32.0 Å². The molecule has 0 saturated heterocycles. The van der Waals surface area contributed by atoms with E-state index in [0.29, 0.717) is 28.5 Å². The second kappa shape index (κ2) is 7.02. The molecule has 0 fully saturated rings. The lowest BCUT2D eigenvalue weighted by Gasteiger charge is -2.23. The fourth-order valence-electron chi connectivity index (χ4n) is 2.48. The van der Waals surface area contributed by atoms with Gasteiger partial charge in [0.05, 0.1) is 17.0 Å². The predicted octanol–water partition coefficient (Wildman–Crippen LogP) is 2.16. The highest BCUT2D eigenvalue weighted by Gasteiger charge is 2.32. The summed E-state index contributed by atoms with van der Waals surface area (Å²) in [5.74, 6) is -0.434. The molecule has 1 aromatic rings. The Morgan fingerprint density at radius 2 is 2.09 bits per heavy atom. The van der Waals surface area contributed by atoms with Crippen LogP contribution in [0.4, 0.5) is 10.5 Å². The van der Waals surface area contributed by atoms with Crippen molar-refractivity contribution >= 4 is 29.3 Å². The van der Waals surface area contributed by atoms with Gasteiger partial charge in [-0.1, -0.05) is 24.6 Å². The second-order valence-electron chi connectivity index (χ2n) is 5.54. The molecule has 7 heteroatoms. The van der Waals surface area contributed by atoms with Crippen molar-refractivity contribution in [2.75, 3.05) is 32.1 Å². The van der Waals surface area contributed by atoms with Crippen molar-refractivity contribution < 1.29 is 14.3 Å². The molecule has 0 bridgehead atoms. The van der Waals surface area contributed by atoms with Crippen molar-refractivity contribution in [2.24, 2.45) is 5.73 Å². The number of amides is 2. The van der Waals surface area contributed by atoms with Crippen LogP contribution >= 0.6 is 11.6 Å². The van der Waals surface area contributed by atoms with E-state index in [4.69, 9.17) is 22.1 Å². The van der Waals surface area contributed by atoms with Gasteiger partial charge in [-0.15, -0.1) is 0 Å². The Morgan fingerprint density at radius 3 is 2.61 bits per heavy atom. The molecular weight excluding hydrogens is 318 g/mol. The lowest BCUT2D eigenvalue weighted by molar-refractivity contribution is -0.136. The van der Waals surface area contributed by atoms with Crippen molar-refractivity contribution in [3.63, 3.8) is 0 Å². The highest BCUT2D eigenvalue weighted by atomic mass is 35.5. The first-order valence-corrected chi connectivity index (χ1v) is 7.64. The Labute approximate surface area is 140 Å². The molecule has 6 nitrogen and oxygen atoms in total. The number of halogens is 1. The van der Waals surface area contributed by atoms with Crippen LogP contribution in [0.5, 0.6) is 0 Å². The van der Waals surface area contributed by atoms with Crippen molar-refractivity contribution in [3.05, 3.63) is 40.1 Å². The molecular formula is C16H20ClN3O3. The number of carbonyl (C=O) groups is 2. The van der Waals surface area contributed by atoms with Crippen LogP contribution in [-0.2, 0) is 16.0 Å². The van der Waals surface area contributed by atoms with Gasteiger partial charge in [-0.05, 0) is 38.2 Å². The van der Waals surface area contributed by atoms with Gasteiger partial charge in [-0.2, -0.15) is 0 Å². The summed E-state index contributed by atoms with van der Waals surface area (Å²) in [6.45, 7) is 2.37. The summed E-state index contributed by atoms with van der Waals surface area (Å²) in [5.41, 5.74) is 7.90. The zero-order valence-corrected chi connectivity index (χ0v) is 14.2. The van der Waals surface area contributed by atoms with Gasteiger partial charge in [0.1, 0.15) is 6.61 Å². The molecule has 0 spiro atoms. The fraction of sp³-hybridized carbons (Fsp3) is 0.375. The number of rotatable bonds is 5. The third kappa shape index (κ3) is 3.65. The molecule has 2 N–H and O–H groups in total. The number of hydrogen-bond acceptors (Lipinski definition) is 4. The number of esters is 1. The number of cyclic esters (lactones) is 1. The molecule has 1 heterocycles. The second-order valence-corrected chi connectivity index (χ2v) is 5.95. The molecule has 2 amide bonds. The van der Waals surface area contributed by atoms with Gasteiger partial charge in [0.25, 0.3) is 0 Å². The number of carbonyl (C=O) groups excluding carboxylic acids is 2. The third-order valence-electron chi connectivity index (χ3n) is 3.58. The Balaban J connectivity index is 2.49. The Morgan fingerprint density at radius 1 is 1.39 bits per heavy atom. The van der Waals surface area contributed by atoms with E-state index in [9.17, 15) is 9.59 Å². The zero-order chi connectivity index (χ0) is 17.1. The maximum atomic E-state index is 12.0. The van der Waals surface area contributed by atoms with Gasteiger partial charge in [0, 0.05) is 11.6 Å². The number of likely N-dealkylation sites (N-methyl/N-ethyl adjacent to an activating group) is 1. The third-order valence-corrected chi connectivity index (χ3v) is 3.93. The molecule has 1 aromatic carbocycles. The van der Waals surface area contributed by atoms with Crippen LogP contribution in [0.15, 0.2) is 29.5 Å². The summed E-state index contributed by atoms with van der Waals surface area (Å²) in [7, 11) is 3.66. The first-order chi connectivity index (χ1) is 10.8. The summed E-state index contributed by atoms with van der Waals surface area (Å²) >= 11 is 6.23. The van der Waals surface area contributed by atoms with Crippen molar-refractivity contribution in [1.82, 2.24) is 4.90 Å². The monoisotopic (exact) mass is 337 g/mol. The van der Waals surface area contributed by atoms with E-state index in [1.54, 1.807) is 12.1 Å². The Bertz CT molecular complexity index is 671. The van der Waals surface area contributed by atoms with Crippen molar-refractivity contribution in [3.8, 4) is 0 Å². The van der Waals surface area contributed by atoms with E-state index in [-0.39, 0.29) is 6.61 Å². The number of benzene rings is 1. The molecule has 2 rings (SSSR count). The number of nitrogens with zero attached hydrogens (tertiary/aromatic N) is 2. The van der Waals surface area contributed by atoms with Crippen LogP contribution in [0.1, 0.15) is 12.5 Å². The highest BCUT2D eigenvalue weighted by Crippen LogP contribution is 2.30. The van der Waals surface area contributed by atoms with Crippen LogP contribution < -0.4 is 10.6 Å². The maximum Gasteiger partial charge on any atom is 0.337 e. The van der Waals surface area contributed by atoms with Crippen LogP contribution in [0.3, 0.4) is 0 Å². The number of anilines is 1. The summed E-state index contributed by atoms with van der Waals surface area (Å²) in [6, 6.07) is 4.60. The number of hydrogen-bond donors (Lipinski definition) is 1. The summed E-state index contributed by atoms with van der Waals surface area (Å²) in [5, 5.41) is 0.552. The van der Waals surface area contributed by atoms with Crippen molar-refractivity contribution in [2.45, 2.75) is 13.3 Å². The predicted molar refractivity (Wildman–Crippen MR) is 89.4 cm³/mol. The van der Waals surface area contributed by atoms with Crippen LogP contribution in [0.2, 0.25) is 5.02 Å². The molecule has 0 saturated carbocycles.